The largest absolute Gasteiger partial charge is 0.386 e. The number of hydrogen-bond acceptors (Lipinski definition) is 3. The minimum absolute atomic E-state index is 0.159. The van der Waals surface area contributed by atoms with Crippen molar-refractivity contribution in [2.24, 2.45) is 16.6 Å². The molecule has 0 aliphatic carbocycles. The number of carbonyl (C=O) groups is 1. The summed E-state index contributed by atoms with van der Waals surface area (Å²) in [4.78, 5) is 24.0. The molecule has 1 aromatic heterocycles. The Kier molecular flexibility index (Phi) is 5.26. The number of nitrogens with two attached hydrogens (primary N) is 1. The molecule has 2 N–H and O–H groups in total. The number of benzene rings is 1. The van der Waals surface area contributed by atoms with Crippen molar-refractivity contribution in [1.82, 2.24) is 9.97 Å². The van der Waals surface area contributed by atoms with Gasteiger partial charge in [0.05, 0.1) is 11.0 Å². The third-order valence-electron chi connectivity index (χ3n) is 4.16. The fourth-order valence-corrected chi connectivity index (χ4v) is 2.54. The summed E-state index contributed by atoms with van der Waals surface area (Å²) in [6.45, 7) is 6.11. The molecule has 0 aliphatic heterocycles. The summed E-state index contributed by atoms with van der Waals surface area (Å²) in [6.07, 6.45) is 4.22. The van der Waals surface area contributed by atoms with Crippen LogP contribution < -0.4 is 5.73 Å². The van der Waals surface area contributed by atoms with Crippen LogP contribution in [0.5, 0.6) is 0 Å². The van der Waals surface area contributed by atoms with Gasteiger partial charge < -0.3 is 5.73 Å². The molecule has 0 aliphatic rings. The molecule has 0 saturated heterocycles. The molecule has 1 aromatic carbocycles. The van der Waals surface area contributed by atoms with Gasteiger partial charge >= 0.3 is 0 Å². The van der Waals surface area contributed by atoms with Gasteiger partial charge in [0.15, 0.2) is 0 Å². The van der Waals surface area contributed by atoms with Gasteiger partial charge in [-0.05, 0) is 30.5 Å². The van der Waals surface area contributed by atoms with E-state index in [1.54, 1.807) is 0 Å². The van der Waals surface area contributed by atoms with Crippen LogP contribution in [0.3, 0.4) is 0 Å². The summed E-state index contributed by atoms with van der Waals surface area (Å²) in [5, 5.41) is 0. The lowest BCUT2D eigenvalue weighted by atomic mass is 9.72. The van der Waals surface area contributed by atoms with Crippen molar-refractivity contribution in [3.63, 3.8) is 0 Å². The zero-order valence-electron chi connectivity index (χ0n) is 13.3. The standard InChI is InChI=1S/C17H19BrN4O/c1-11(2)17(3,13-4-6-14(18)7-5-13)16(19)22-15(23)12-8-20-10-21-9-12/h4-11H,1-3H3,(H2,19,22,23). The Labute approximate surface area is 144 Å². The number of amidine groups is 1. The van der Waals surface area contributed by atoms with Crippen LogP contribution in [0.25, 0.3) is 0 Å². The zero-order valence-corrected chi connectivity index (χ0v) is 14.9. The van der Waals surface area contributed by atoms with Crippen LogP contribution in [0.2, 0.25) is 0 Å². The molecule has 23 heavy (non-hydrogen) atoms. The Hall–Kier alpha value is -2.08. The number of halogens is 1. The van der Waals surface area contributed by atoms with Gasteiger partial charge in [0.2, 0.25) is 0 Å². The Morgan fingerprint density at radius 1 is 1.22 bits per heavy atom. The number of rotatable bonds is 4. The van der Waals surface area contributed by atoms with Gasteiger partial charge in [0.25, 0.3) is 5.91 Å². The second kappa shape index (κ2) is 7.00. The second-order valence-electron chi connectivity index (χ2n) is 5.79. The van der Waals surface area contributed by atoms with E-state index >= 15 is 0 Å². The average molecular weight is 375 g/mol. The molecule has 0 radical (unpaired) electrons. The van der Waals surface area contributed by atoms with Crippen LogP contribution in [-0.2, 0) is 5.41 Å². The molecule has 5 nitrogen and oxygen atoms in total. The van der Waals surface area contributed by atoms with E-state index in [2.05, 4.69) is 44.7 Å². The molecular formula is C17H19BrN4O. The molecule has 2 rings (SSSR count). The first kappa shape index (κ1) is 17.3. The summed E-state index contributed by atoms with van der Waals surface area (Å²) in [5.74, 6) is 0.00279. The highest BCUT2D eigenvalue weighted by atomic mass is 79.9. The Bertz CT molecular complexity index is 713. The molecule has 1 atom stereocenters. The summed E-state index contributed by atoms with van der Waals surface area (Å²) in [7, 11) is 0. The van der Waals surface area contributed by atoms with E-state index in [1.165, 1.54) is 18.7 Å². The second-order valence-corrected chi connectivity index (χ2v) is 6.71. The molecule has 0 bridgehead atoms. The summed E-state index contributed by atoms with van der Waals surface area (Å²) in [5.41, 5.74) is 7.01. The summed E-state index contributed by atoms with van der Waals surface area (Å²) in [6, 6.07) is 7.89. The van der Waals surface area contributed by atoms with Gasteiger partial charge in [0, 0.05) is 16.9 Å². The predicted molar refractivity (Wildman–Crippen MR) is 94.3 cm³/mol. The van der Waals surface area contributed by atoms with Crippen molar-refractivity contribution in [1.29, 1.82) is 0 Å². The van der Waals surface area contributed by atoms with Crippen molar-refractivity contribution in [3.8, 4) is 0 Å². The number of aromatic nitrogens is 2. The number of hydrogen-bond donors (Lipinski definition) is 1. The van der Waals surface area contributed by atoms with E-state index in [4.69, 9.17) is 5.73 Å². The maximum Gasteiger partial charge on any atom is 0.281 e. The van der Waals surface area contributed by atoms with Crippen molar-refractivity contribution >= 4 is 27.7 Å². The van der Waals surface area contributed by atoms with Crippen LogP contribution in [-0.4, -0.2) is 21.7 Å². The Morgan fingerprint density at radius 2 is 1.78 bits per heavy atom. The third-order valence-corrected chi connectivity index (χ3v) is 4.69. The minimum atomic E-state index is -0.550. The number of carbonyl (C=O) groups excluding carboxylic acids is 1. The quantitative estimate of drug-likeness (QED) is 0.656. The highest BCUT2D eigenvalue weighted by Crippen LogP contribution is 2.33. The van der Waals surface area contributed by atoms with Gasteiger partial charge in [-0.15, -0.1) is 0 Å². The fourth-order valence-electron chi connectivity index (χ4n) is 2.27. The first-order chi connectivity index (χ1) is 10.9. The Balaban J connectivity index is 2.42. The molecule has 1 unspecified atom stereocenters. The highest BCUT2D eigenvalue weighted by molar-refractivity contribution is 9.10. The number of amides is 1. The minimum Gasteiger partial charge on any atom is -0.386 e. The zero-order chi connectivity index (χ0) is 17.0. The van der Waals surface area contributed by atoms with Crippen molar-refractivity contribution in [3.05, 3.63) is 58.6 Å². The van der Waals surface area contributed by atoms with E-state index in [-0.39, 0.29) is 11.8 Å². The van der Waals surface area contributed by atoms with E-state index in [9.17, 15) is 4.79 Å². The van der Waals surface area contributed by atoms with Gasteiger partial charge in [-0.25, -0.2) is 9.97 Å². The van der Waals surface area contributed by atoms with E-state index in [0.717, 1.165) is 10.0 Å². The maximum atomic E-state index is 12.3. The van der Waals surface area contributed by atoms with Gasteiger partial charge in [-0.2, -0.15) is 4.99 Å². The molecule has 1 heterocycles. The Morgan fingerprint density at radius 3 is 2.30 bits per heavy atom. The number of aliphatic imine (C=N–C) groups is 1. The van der Waals surface area contributed by atoms with Crippen LogP contribution in [0.1, 0.15) is 36.7 Å². The highest BCUT2D eigenvalue weighted by Gasteiger charge is 2.35. The first-order valence-corrected chi connectivity index (χ1v) is 8.05. The number of nitrogens with zero attached hydrogens (tertiary/aromatic N) is 3. The SMILES string of the molecule is CC(C)C(C)(C(N)=NC(=O)c1cncnc1)c1ccc(Br)cc1. The molecule has 0 spiro atoms. The smallest absolute Gasteiger partial charge is 0.281 e. The summed E-state index contributed by atoms with van der Waals surface area (Å²) >= 11 is 3.43. The maximum absolute atomic E-state index is 12.3. The lowest BCUT2D eigenvalue weighted by Crippen LogP contribution is -2.43. The molecule has 2 aromatic rings. The van der Waals surface area contributed by atoms with Crippen molar-refractivity contribution in [2.75, 3.05) is 0 Å². The topological polar surface area (TPSA) is 81.2 Å². The normalized spacial score (nSPS) is 14.6. The molecule has 1 amide bonds. The van der Waals surface area contributed by atoms with Crippen LogP contribution >= 0.6 is 15.9 Å². The van der Waals surface area contributed by atoms with E-state index in [0.29, 0.717) is 5.56 Å². The van der Waals surface area contributed by atoms with Crippen molar-refractivity contribution < 1.29 is 4.79 Å². The molecule has 120 valence electrons. The summed E-state index contributed by atoms with van der Waals surface area (Å²) < 4.78 is 0.986. The van der Waals surface area contributed by atoms with Crippen LogP contribution in [0.4, 0.5) is 0 Å². The third kappa shape index (κ3) is 3.64. The monoisotopic (exact) mass is 374 g/mol. The molecule has 0 fully saturated rings. The van der Waals surface area contributed by atoms with E-state index in [1.807, 2.05) is 31.2 Å². The lowest BCUT2D eigenvalue weighted by molar-refractivity contribution is 0.100. The van der Waals surface area contributed by atoms with E-state index < -0.39 is 11.3 Å². The molecule has 0 saturated carbocycles. The molecule has 6 heteroatoms. The average Bonchev–Trinajstić information content (AvgIpc) is 2.55. The first-order valence-electron chi connectivity index (χ1n) is 7.25. The van der Waals surface area contributed by atoms with Crippen molar-refractivity contribution in [2.45, 2.75) is 26.2 Å². The van der Waals surface area contributed by atoms with Crippen LogP contribution in [0.15, 0.2) is 52.5 Å². The van der Waals surface area contributed by atoms with Crippen LogP contribution in [0, 0.1) is 5.92 Å². The van der Waals surface area contributed by atoms with Gasteiger partial charge in [-0.3, -0.25) is 4.79 Å². The fraction of sp³-hybridized carbons (Fsp3) is 0.294. The lowest BCUT2D eigenvalue weighted by Gasteiger charge is -2.33. The predicted octanol–water partition coefficient (Wildman–Crippen LogP) is 3.35. The van der Waals surface area contributed by atoms with Gasteiger partial charge in [0.1, 0.15) is 12.2 Å². The van der Waals surface area contributed by atoms with Gasteiger partial charge in [-0.1, -0.05) is 41.9 Å². The molecular weight excluding hydrogens is 356 g/mol.